The van der Waals surface area contributed by atoms with Crippen LogP contribution in [0.25, 0.3) is 0 Å². The summed E-state index contributed by atoms with van der Waals surface area (Å²) in [5, 5.41) is 5.06. The summed E-state index contributed by atoms with van der Waals surface area (Å²) < 4.78 is 39.9. The Hall–Kier alpha value is -2.25. The number of ether oxygens (including phenoxy) is 1. The van der Waals surface area contributed by atoms with E-state index in [0.717, 1.165) is 19.3 Å². The number of carbonyl (C=O) groups is 4. The summed E-state index contributed by atoms with van der Waals surface area (Å²) in [6.45, 7) is 15.9. The van der Waals surface area contributed by atoms with Gasteiger partial charge in [0.2, 0.25) is 15.9 Å². The molecule has 0 aromatic carbocycles. The Balaban J connectivity index is 1.65. The van der Waals surface area contributed by atoms with E-state index in [1.807, 2.05) is 12.2 Å². The lowest BCUT2D eigenvalue weighted by Crippen LogP contribution is -2.54. The quantitative estimate of drug-likeness (QED) is 0.265. The van der Waals surface area contributed by atoms with E-state index in [-0.39, 0.29) is 35.7 Å². The molecule has 0 aromatic heterocycles. The number of hydrogen-bond acceptors (Lipinski definition) is 8. The summed E-state index contributed by atoms with van der Waals surface area (Å²) in [5.41, 5.74) is -2.16. The van der Waals surface area contributed by atoms with E-state index >= 15 is 0 Å². The van der Waals surface area contributed by atoms with Crippen LogP contribution in [0.5, 0.6) is 0 Å². The predicted molar refractivity (Wildman–Crippen MR) is 178 cm³/mol. The fourth-order valence-electron chi connectivity index (χ4n) is 6.30. The zero-order valence-electron chi connectivity index (χ0n) is 28.9. The summed E-state index contributed by atoms with van der Waals surface area (Å²) >= 11 is 0. The molecule has 4 rings (SSSR count). The molecule has 0 radical (unpaired) electrons. The van der Waals surface area contributed by atoms with Crippen molar-refractivity contribution in [3.8, 4) is 0 Å². The average Bonchev–Trinajstić information content (AvgIpc) is 3.82. The number of hydrogen-bond donors (Lipinski definition) is 3. The lowest BCUT2D eigenvalue weighted by atomic mass is 9.86. The predicted octanol–water partition coefficient (Wildman–Crippen LogP) is 4.87. The second-order valence-electron chi connectivity index (χ2n) is 16.3. The standard InChI is InChI=1S/C33H55N3O8SSi/c1-31(2,3)43-30(40)34-26-15-13-11-9-10-12-14-21-20-33(21,29(39)36-45(41,42)23-16-17-23)35-28(38)25-19-22(18-24(25)27(26)37)44-46(7,8)32(4,5)6/h12,14,21-26H,9-11,13,15-20H2,1-8H3,(H,34,40)(H,35,38)(H,36,39)/b14-12-/t21-,22+,24?,25-,26+,33-/m1/s1. The Labute approximate surface area is 275 Å². The van der Waals surface area contributed by atoms with Crippen LogP contribution < -0.4 is 15.4 Å². The van der Waals surface area contributed by atoms with Gasteiger partial charge in [-0.15, -0.1) is 0 Å². The third kappa shape index (κ3) is 8.80. The first-order chi connectivity index (χ1) is 21.2. The number of fused-ring (bicyclic) bond motifs is 2. The van der Waals surface area contributed by atoms with E-state index in [1.165, 1.54) is 0 Å². The fraction of sp³-hybridized carbons (Fsp3) is 0.818. The van der Waals surface area contributed by atoms with Crippen molar-refractivity contribution in [2.75, 3.05) is 0 Å². The molecular formula is C33H55N3O8SSi. The molecule has 0 spiro atoms. The Bertz CT molecular complexity index is 1330. The van der Waals surface area contributed by atoms with Gasteiger partial charge in [-0.1, -0.05) is 45.8 Å². The zero-order chi connectivity index (χ0) is 34.3. The van der Waals surface area contributed by atoms with Crippen LogP contribution in [0.15, 0.2) is 12.2 Å². The lowest BCUT2D eigenvalue weighted by Gasteiger charge is -2.38. The van der Waals surface area contributed by atoms with Gasteiger partial charge in [0.05, 0.1) is 17.2 Å². The van der Waals surface area contributed by atoms with Gasteiger partial charge in [-0.05, 0) is 90.3 Å². The van der Waals surface area contributed by atoms with Crippen molar-refractivity contribution < 1.29 is 36.8 Å². The zero-order valence-corrected chi connectivity index (χ0v) is 30.7. The molecule has 46 heavy (non-hydrogen) atoms. The number of nitrogens with one attached hydrogen (secondary N) is 3. The van der Waals surface area contributed by atoms with E-state index < -0.39 is 70.5 Å². The van der Waals surface area contributed by atoms with Crippen molar-refractivity contribution in [1.82, 2.24) is 15.4 Å². The Morgan fingerprint density at radius 1 is 0.978 bits per heavy atom. The molecule has 1 unspecified atom stereocenters. The van der Waals surface area contributed by atoms with Gasteiger partial charge in [0, 0.05) is 17.9 Å². The molecule has 0 bridgehead atoms. The van der Waals surface area contributed by atoms with Crippen LogP contribution in [-0.2, 0) is 33.6 Å². The van der Waals surface area contributed by atoms with Gasteiger partial charge in [0.1, 0.15) is 11.1 Å². The molecular weight excluding hydrogens is 627 g/mol. The number of amides is 3. The molecule has 3 saturated carbocycles. The molecule has 260 valence electrons. The van der Waals surface area contributed by atoms with E-state index in [9.17, 15) is 27.6 Å². The van der Waals surface area contributed by atoms with Gasteiger partial charge in [0.15, 0.2) is 14.1 Å². The number of Topliss-reactive ketones (excluding diaryl/α,β-unsaturated/α-hetero) is 1. The maximum atomic E-state index is 14.3. The third-order valence-corrected chi connectivity index (χ3v) is 16.6. The molecule has 1 aliphatic heterocycles. The first kappa shape index (κ1) is 36.6. The topological polar surface area (TPSA) is 157 Å². The third-order valence-electron chi connectivity index (χ3n) is 10.2. The van der Waals surface area contributed by atoms with Crippen LogP contribution >= 0.6 is 0 Å². The molecule has 3 aliphatic carbocycles. The summed E-state index contributed by atoms with van der Waals surface area (Å²) in [6, 6.07) is -0.850. The van der Waals surface area contributed by atoms with Crippen molar-refractivity contribution in [1.29, 1.82) is 0 Å². The second kappa shape index (κ2) is 13.3. The van der Waals surface area contributed by atoms with Gasteiger partial charge >= 0.3 is 6.09 Å². The minimum absolute atomic E-state index is 0.0931. The van der Waals surface area contributed by atoms with Crippen molar-refractivity contribution in [3.05, 3.63) is 12.2 Å². The summed E-state index contributed by atoms with van der Waals surface area (Å²) in [5.74, 6) is -3.38. The first-order valence-electron chi connectivity index (χ1n) is 16.9. The number of rotatable bonds is 6. The molecule has 4 aliphatic rings. The highest BCUT2D eigenvalue weighted by Crippen LogP contribution is 2.48. The fourth-order valence-corrected chi connectivity index (χ4v) is 9.05. The smallest absolute Gasteiger partial charge is 0.408 e. The summed E-state index contributed by atoms with van der Waals surface area (Å²) in [4.78, 5) is 54.9. The van der Waals surface area contributed by atoms with E-state index in [2.05, 4.69) is 49.2 Å². The van der Waals surface area contributed by atoms with Crippen LogP contribution in [0.1, 0.15) is 106 Å². The van der Waals surface area contributed by atoms with Gasteiger partial charge in [0.25, 0.3) is 5.91 Å². The van der Waals surface area contributed by atoms with Gasteiger partial charge in [-0.25, -0.2) is 13.2 Å². The summed E-state index contributed by atoms with van der Waals surface area (Å²) in [7, 11) is -6.10. The van der Waals surface area contributed by atoms with Crippen LogP contribution in [0.2, 0.25) is 18.1 Å². The lowest BCUT2D eigenvalue weighted by molar-refractivity contribution is -0.136. The highest BCUT2D eigenvalue weighted by Gasteiger charge is 2.62. The van der Waals surface area contributed by atoms with Crippen LogP contribution in [0.3, 0.4) is 0 Å². The number of sulfonamides is 1. The Kier molecular flexibility index (Phi) is 10.6. The second-order valence-corrected chi connectivity index (χ2v) is 23.0. The monoisotopic (exact) mass is 681 g/mol. The van der Waals surface area contributed by atoms with Gasteiger partial charge < -0.3 is 19.8 Å². The van der Waals surface area contributed by atoms with E-state index in [1.54, 1.807) is 20.8 Å². The highest BCUT2D eigenvalue weighted by atomic mass is 32.2. The van der Waals surface area contributed by atoms with E-state index in [0.29, 0.717) is 32.1 Å². The summed E-state index contributed by atoms with van der Waals surface area (Å²) in [6.07, 6.45) is 8.22. The van der Waals surface area contributed by atoms with Crippen LogP contribution in [-0.4, -0.2) is 69.0 Å². The minimum atomic E-state index is -3.83. The molecule has 3 amide bonds. The largest absolute Gasteiger partial charge is 0.444 e. The van der Waals surface area contributed by atoms with Crippen molar-refractivity contribution in [2.45, 2.75) is 152 Å². The van der Waals surface area contributed by atoms with Crippen LogP contribution in [0.4, 0.5) is 4.79 Å². The molecule has 0 aromatic rings. The number of ketones is 1. The minimum Gasteiger partial charge on any atom is -0.444 e. The number of alkyl carbamates (subject to hydrolysis) is 1. The molecule has 1 heterocycles. The number of allylic oxidation sites excluding steroid dienone is 1. The molecule has 13 heteroatoms. The highest BCUT2D eigenvalue weighted by molar-refractivity contribution is 7.91. The Morgan fingerprint density at radius 2 is 1.63 bits per heavy atom. The van der Waals surface area contributed by atoms with Crippen molar-refractivity contribution >= 4 is 42.0 Å². The molecule has 11 nitrogen and oxygen atoms in total. The average molecular weight is 682 g/mol. The SMILES string of the molecule is CC(C)(C)OC(=O)N[C@H]1CCCCC/C=C\[C@@H]2C[C@@]2(C(=O)NS(=O)(=O)C2CC2)NC(=O)[C@@H]2C[C@@H](O[Si](C)(C)C(C)(C)C)CC2C1=O. The normalized spacial score (nSPS) is 32.1. The molecule has 6 atom stereocenters. The molecule has 3 N–H and O–H groups in total. The van der Waals surface area contributed by atoms with Gasteiger partial charge in [-0.3, -0.25) is 19.1 Å². The van der Waals surface area contributed by atoms with E-state index in [4.69, 9.17) is 9.16 Å². The van der Waals surface area contributed by atoms with Gasteiger partial charge in [-0.2, -0.15) is 0 Å². The van der Waals surface area contributed by atoms with Crippen molar-refractivity contribution in [2.24, 2.45) is 17.8 Å². The maximum Gasteiger partial charge on any atom is 0.408 e. The maximum absolute atomic E-state index is 14.3. The Morgan fingerprint density at radius 3 is 2.24 bits per heavy atom. The first-order valence-corrected chi connectivity index (χ1v) is 21.4. The number of carbonyl (C=O) groups excluding carboxylic acids is 4. The molecule has 3 fully saturated rings. The van der Waals surface area contributed by atoms with Crippen molar-refractivity contribution in [3.63, 3.8) is 0 Å². The van der Waals surface area contributed by atoms with Crippen LogP contribution in [0, 0.1) is 17.8 Å². The molecule has 0 saturated heterocycles.